The van der Waals surface area contributed by atoms with E-state index in [9.17, 15) is 9.90 Å². The molecule has 1 aromatic heterocycles. The Morgan fingerprint density at radius 2 is 2.32 bits per heavy atom. The molecule has 2 N–H and O–H groups in total. The highest BCUT2D eigenvalue weighted by Gasteiger charge is 2.33. The third kappa shape index (κ3) is 5.02. The topological polar surface area (TPSA) is 71.7 Å². The number of carbonyl (C=O) groups excluding carboxylic acids is 1. The van der Waals surface area contributed by atoms with Gasteiger partial charge in [0.1, 0.15) is 11.9 Å². The van der Waals surface area contributed by atoms with Crippen LogP contribution in [-0.4, -0.2) is 22.8 Å². The fraction of sp³-hybridized carbons (Fsp3) is 0.316. The van der Waals surface area contributed by atoms with Gasteiger partial charge < -0.3 is 19.6 Å². The fourth-order valence-corrected chi connectivity index (χ4v) is 3.05. The second kappa shape index (κ2) is 7.64. The molecular weight excluding hydrogens is 342 g/mol. The summed E-state index contributed by atoms with van der Waals surface area (Å²) in [7, 11) is 0. The maximum Gasteiger partial charge on any atom is 0.412 e. The van der Waals surface area contributed by atoms with Crippen molar-refractivity contribution in [3.05, 3.63) is 53.4 Å². The lowest BCUT2D eigenvalue weighted by atomic mass is 9.82. The van der Waals surface area contributed by atoms with Crippen LogP contribution in [0.2, 0.25) is 5.02 Å². The van der Waals surface area contributed by atoms with E-state index < -0.39 is 11.7 Å². The molecule has 1 aromatic carbocycles. The summed E-state index contributed by atoms with van der Waals surface area (Å²) in [5.41, 5.74) is -0.399. The highest BCUT2D eigenvalue weighted by molar-refractivity contribution is 6.30. The number of hydrogen-bond acceptors (Lipinski definition) is 4. The molecule has 2 atom stereocenters. The van der Waals surface area contributed by atoms with Crippen molar-refractivity contribution in [3.8, 4) is 17.6 Å². The Kier molecular flexibility index (Phi) is 5.32. The van der Waals surface area contributed by atoms with Crippen molar-refractivity contribution in [2.45, 2.75) is 37.3 Å². The lowest BCUT2D eigenvalue weighted by Crippen LogP contribution is -2.46. The molecule has 0 unspecified atom stereocenters. The predicted octanol–water partition coefficient (Wildman–Crippen LogP) is 3.75. The zero-order chi connectivity index (χ0) is 17.7. The Morgan fingerprint density at radius 3 is 3.08 bits per heavy atom. The highest BCUT2D eigenvalue weighted by atomic mass is 35.5. The first kappa shape index (κ1) is 17.4. The summed E-state index contributed by atoms with van der Waals surface area (Å²) in [6, 6.07) is 8.52. The molecule has 3 rings (SSSR count). The van der Waals surface area contributed by atoms with E-state index in [0.29, 0.717) is 23.6 Å². The van der Waals surface area contributed by atoms with Crippen LogP contribution in [0.4, 0.5) is 4.79 Å². The summed E-state index contributed by atoms with van der Waals surface area (Å²) in [5, 5.41) is 14.1. The van der Waals surface area contributed by atoms with Gasteiger partial charge >= 0.3 is 6.09 Å². The van der Waals surface area contributed by atoms with Gasteiger partial charge in [-0.05, 0) is 37.5 Å². The minimum Gasteiger partial charge on any atom is -0.469 e. The van der Waals surface area contributed by atoms with E-state index in [-0.39, 0.29) is 6.04 Å². The average molecular weight is 360 g/mol. The standard InChI is InChI=1S/C19H18ClNO4/c20-15-4-1-3-14(11-15)6-9-19(23)8-2-5-16(12-19)21-18(22)25-17-7-10-24-13-17/h1,3-4,7,10-11,13,16,23H,2,5,8,12H2,(H,21,22)/t16-,19+/m1/s1. The second-order valence-electron chi connectivity index (χ2n) is 6.08. The van der Waals surface area contributed by atoms with Gasteiger partial charge in [-0.1, -0.05) is 29.5 Å². The fourth-order valence-electron chi connectivity index (χ4n) is 2.86. The largest absolute Gasteiger partial charge is 0.469 e. The Bertz CT molecular complexity index is 793. The van der Waals surface area contributed by atoms with E-state index in [1.54, 1.807) is 18.2 Å². The number of nitrogens with one attached hydrogen (secondary N) is 1. The summed E-state index contributed by atoms with van der Waals surface area (Å²) < 4.78 is 9.94. The molecule has 1 saturated carbocycles. The van der Waals surface area contributed by atoms with Gasteiger partial charge in [-0.15, -0.1) is 0 Å². The van der Waals surface area contributed by atoms with Crippen LogP contribution in [0.1, 0.15) is 31.2 Å². The molecule has 130 valence electrons. The van der Waals surface area contributed by atoms with Crippen molar-refractivity contribution in [2.75, 3.05) is 0 Å². The molecule has 0 bridgehead atoms. The first-order chi connectivity index (χ1) is 12.0. The minimum absolute atomic E-state index is 0.202. The van der Waals surface area contributed by atoms with Gasteiger partial charge in [0.2, 0.25) is 0 Å². The van der Waals surface area contributed by atoms with Crippen LogP contribution in [0.25, 0.3) is 0 Å². The van der Waals surface area contributed by atoms with E-state index in [2.05, 4.69) is 17.2 Å². The molecule has 25 heavy (non-hydrogen) atoms. The first-order valence-corrected chi connectivity index (χ1v) is 8.42. The van der Waals surface area contributed by atoms with E-state index in [1.165, 1.54) is 12.5 Å². The second-order valence-corrected chi connectivity index (χ2v) is 6.51. The zero-order valence-corrected chi connectivity index (χ0v) is 14.3. The summed E-state index contributed by atoms with van der Waals surface area (Å²) in [6.45, 7) is 0. The monoisotopic (exact) mass is 359 g/mol. The quantitative estimate of drug-likeness (QED) is 0.801. The first-order valence-electron chi connectivity index (χ1n) is 8.04. The van der Waals surface area contributed by atoms with Crippen molar-refractivity contribution >= 4 is 17.7 Å². The number of furan rings is 1. The molecule has 0 spiro atoms. The summed E-state index contributed by atoms with van der Waals surface area (Å²) >= 11 is 5.94. The van der Waals surface area contributed by atoms with Gasteiger partial charge in [0.05, 0.1) is 6.26 Å². The van der Waals surface area contributed by atoms with Gasteiger partial charge in [0.25, 0.3) is 0 Å². The van der Waals surface area contributed by atoms with Gasteiger partial charge in [-0.3, -0.25) is 0 Å². The summed E-state index contributed by atoms with van der Waals surface area (Å²) in [4.78, 5) is 11.9. The predicted molar refractivity (Wildman–Crippen MR) is 93.4 cm³/mol. The van der Waals surface area contributed by atoms with Crippen molar-refractivity contribution < 1.29 is 19.1 Å². The third-order valence-electron chi connectivity index (χ3n) is 4.02. The number of ether oxygens (including phenoxy) is 1. The van der Waals surface area contributed by atoms with Crippen LogP contribution in [0.15, 0.2) is 47.3 Å². The summed E-state index contributed by atoms with van der Waals surface area (Å²) in [5.74, 6) is 6.23. The molecule has 1 aliphatic rings. The molecule has 1 fully saturated rings. The van der Waals surface area contributed by atoms with Crippen LogP contribution in [0.3, 0.4) is 0 Å². The smallest absolute Gasteiger partial charge is 0.412 e. The van der Waals surface area contributed by atoms with Crippen LogP contribution in [0, 0.1) is 11.8 Å². The van der Waals surface area contributed by atoms with Gasteiger partial charge in [-0.25, -0.2) is 4.79 Å². The van der Waals surface area contributed by atoms with E-state index in [4.69, 9.17) is 20.8 Å². The molecule has 0 aliphatic heterocycles. The average Bonchev–Trinajstić information content (AvgIpc) is 3.06. The molecule has 1 aliphatic carbocycles. The maximum absolute atomic E-state index is 11.9. The molecule has 1 heterocycles. The number of hydrogen-bond donors (Lipinski definition) is 2. The number of amides is 1. The molecule has 5 nitrogen and oxygen atoms in total. The van der Waals surface area contributed by atoms with Crippen LogP contribution in [-0.2, 0) is 0 Å². The van der Waals surface area contributed by atoms with E-state index in [1.807, 2.05) is 12.1 Å². The normalized spacial score (nSPS) is 22.6. The Morgan fingerprint density at radius 1 is 1.44 bits per heavy atom. The Labute approximate surface area is 150 Å². The lowest BCUT2D eigenvalue weighted by Gasteiger charge is -2.33. The molecule has 0 radical (unpaired) electrons. The number of rotatable bonds is 2. The van der Waals surface area contributed by atoms with Crippen molar-refractivity contribution in [3.63, 3.8) is 0 Å². The van der Waals surface area contributed by atoms with E-state index >= 15 is 0 Å². The highest BCUT2D eigenvalue weighted by Crippen LogP contribution is 2.28. The van der Waals surface area contributed by atoms with E-state index in [0.717, 1.165) is 18.4 Å². The number of benzene rings is 1. The zero-order valence-electron chi connectivity index (χ0n) is 13.5. The van der Waals surface area contributed by atoms with Crippen LogP contribution in [0.5, 0.6) is 5.75 Å². The van der Waals surface area contributed by atoms with Crippen molar-refractivity contribution in [1.82, 2.24) is 5.32 Å². The van der Waals surface area contributed by atoms with Crippen molar-refractivity contribution in [1.29, 1.82) is 0 Å². The molecule has 1 amide bonds. The minimum atomic E-state index is -1.14. The number of carbonyl (C=O) groups is 1. The van der Waals surface area contributed by atoms with Gasteiger partial charge in [0, 0.05) is 29.1 Å². The van der Waals surface area contributed by atoms with Crippen molar-refractivity contribution in [2.24, 2.45) is 0 Å². The van der Waals surface area contributed by atoms with Gasteiger partial charge in [-0.2, -0.15) is 0 Å². The summed E-state index contributed by atoms with van der Waals surface area (Å²) in [6.07, 6.45) is 4.63. The Balaban J connectivity index is 1.61. The maximum atomic E-state index is 11.9. The van der Waals surface area contributed by atoms with Gasteiger partial charge in [0.15, 0.2) is 5.75 Å². The van der Waals surface area contributed by atoms with Crippen LogP contribution < -0.4 is 10.1 Å². The molecule has 6 heteroatoms. The number of halogens is 1. The molecular formula is C19H18ClNO4. The number of aliphatic hydroxyl groups is 1. The third-order valence-corrected chi connectivity index (χ3v) is 4.25. The van der Waals surface area contributed by atoms with Crippen LogP contribution >= 0.6 is 11.6 Å². The molecule has 2 aromatic rings. The molecule has 0 saturated heterocycles. The SMILES string of the molecule is O=C(N[C@@H]1CCC[C@](O)(C#Cc2cccc(Cl)c2)C1)Oc1ccoc1. The lowest BCUT2D eigenvalue weighted by molar-refractivity contribution is 0.0473. The Hall–Kier alpha value is -2.42.